The summed E-state index contributed by atoms with van der Waals surface area (Å²) in [7, 11) is -6.88. The Morgan fingerprint density at radius 1 is 1.31 bits per heavy atom. The SMILES string of the molecule is CS(=O)(=O)c1nn(Cc2nc3cc(Cl)cc(F)c3n2[C@@H]2CCS(=O)(=O)C2)c2cnccc12. The second-order valence-electron chi connectivity index (χ2n) is 7.84. The van der Waals surface area contributed by atoms with E-state index in [-0.39, 0.29) is 39.1 Å². The van der Waals surface area contributed by atoms with E-state index in [1.54, 1.807) is 10.6 Å². The quantitative estimate of drug-likeness (QED) is 0.425. The standard InChI is InChI=1S/C19H17ClFN5O4S2/c1-31(27,28)19-13-2-4-22-8-16(13)25(24-19)9-17-23-15-7-11(20)6-14(21)18(15)26(17)12-3-5-32(29,30)10-12/h2,4,6-8,12H,3,5,9-10H2,1H3/t12-/m1/s1. The van der Waals surface area contributed by atoms with Crippen LogP contribution in [-0.4, -0.2) is 58.9 Å². The first-order valence-corrected chi connectivity index (χ1v) is 13.7. The van der Waals surface area contributed by atoms with Crippen LogP contribution in [-0.2, 0) is 26.2 Å². The minimum atomic E-state index is -3.62. The van der Waals surface area contributed by atoms with Crippen LogP contribution < -0.4 is 0 Å². The van der Waals surface area contributed by atoms with Crippen molar-refractivity contribution in [1.29, 1.82) is 0 Å². The number of imidazole rings is 1. The number of nitrogens with zero attached hydrogens (tertiary/aromatic N) is 5. The normalized spacial score (nSPS) is 18.7. The van der Waals surface area contributed by atoms with Gasteiger partial charge in [0, 0.05) is 22.9 Å². The zero-order chi connectivity index (χ0) is 22.8. The third-order valence-electron chi connectivity index (χ3n) is 5.51. The topological polar surface area (TPSA) is 117 Å². The van der Waals surface area contributed by atoms with Crippen molar-refractivity contribution in [2.24, 2.45) is 0 Å². The maximum Gasteiger partial charge on any atom is 0.195 e. The molecule has 0 amide bonds. The number of rotatable bonds is 4. The number of sulfone groups is 2. The summed E-state index contributed by atoms with van der Waals surface area (Å²) in [4.78, 5) is 8.57. The third-order valence-corrected chi connectivity index (χ3v) is 8.49. The highest BCUT2D eigenvalue weighted by Crippen LogP contribution is 2.33. The molecule has 4 heterocycles. The van der Waals surface area contributed by atoms with Gasteiger partial charge in [-0.15, -0.1) is 0 Å². The van der Waals surface area contributed by atoms with Gasteiger partial charge in [-0.25, -0.2) is 26.2 Å². The van der Waals surface area contributed by atoms with Gasteiger partial charge in [0.1, 0.15) is 11.3 Å². The minimum Gasteiger partial charge on any atom is -0.320 e. The van der Waals surface area contributed by atoms with Crippen molar-refractivity contribution >= 4 is 53.2 Å². The molecular formula is C19H17ClFN5O4S2. The lowest BCUT2D eigenvalue weighted by atomic mass is 10.2. The van der Waals surface area contributed by atoms with E-state index in [4.69, 9.17) is 11.6 Å². The van der Waals surface area contributed by atoms with Crippen LogP contribution in [0.5, 0.6) is 0 Å². The van der Waals surface area contributed by atoms with E-state index in [0.29, 0.717) is 23.1 Å². The molecule has 0 N–H and O–H groups in total. The lowest BCUT2D eigenvalue weighted by molar-refractivity contribution is 0.515. The number of hydrogen-bond acceptors (Lipinski definition) is 7. The highest BCUT2D eigenvalue weighted by Gasteiger charge is 2.33. The van der Waals surface area contributed by atoms with Crippen molar-refractivity contribution in [2.75, 3.05) is 17.8 Å². The fourth-order valence-electron chi connectivity index (χ4n) is 4.20. The van der Waals surface area contributed by atoms with Crippen molar-refractivity contribution in [2.45, 2.75) is 24.0 Å². The van der Waals surface area contributed by atoms with Crippen LogP contribution in [0, 0.1) is 5.82 Å². The average Bonchev–Trinajstić information content (AvgIpc) is 3.35. The number of pyridine rings is 1. The minimum absolute atomic E-state index is 0.00115. The molecule has 0 radical (unpaired) electrons. The molecule has 32 heavy (non-hydrogen) atoms. The molecule has 0 spiro atoms. The Balaban J connectivity index is 1.72. The largest absolute Gasteiger partial charge is 0.320 e. The zero-order valence-electron chi connectivity index (χ0n) is 16.7. The molecule has 168 valence electrons. The molecule has 0 unspecified atom stereocenters. The van der Waals surface area contributed by atoms with Crippen molar-refractivity contribution in [3.05, 3.63) is 47.3 Å². The van der Waals surface area contributed by atoms with E-state index in [1.165, 1.54) is 23.1 Å². The highest BCUT2D eigenvalue weighted by atomic mass is 35.5. The Bertz CT molecular complexity index is 1610. The van der Waals surface area contributed by atoms with Gasteiger partial charge in [0.05, 0.1) is 41.3 Å². The van der Waals surface area contributed by atoms with E-state index < -0.39 is 31.5 Å². The summed E-state index contributed by atoms with van der Waals surface area (Å²) in [6.45, 7) is -0.0139. The number of halogens is 2. The van der Waals surface area contributed by atoms with Gasteiger partial charge < -0.3 is 4.57 Å². The first-order valence-electron chi connectivity index (χ1n) is 9.60. The molecule has 1 aliphatic rings. The number of hydrogen-bond donors (Lipinski definition) is 0. The zero-order valence-corrected chi connectivity index (χ0v) is 19.1. The Morgan fingerprint density at radius 3 is 2.78 bits per heavy atom. The molecule has 1 atom stereocenters. The van der Waals surface area contributed by atoms with Gasteiger partial charge in [-0.3, -0.25) is 9.67 Å². The van der Waals surface area contributed by atoms with Crippen molar-refractivity contribution in [3.8, 4) is 0 Å². The fourth-order valence-corrected chi connectivity index (χ4v) is 6.92. The molecule has 9 nitrogen and oxygen atoms in total. The molecular weight excluding hydrogens is 481 g/mol. The first-order chi connectivity index (χ1) is 15.0. The summed E-state index contributed by atoms with van der Waals surface area (Å²) in [6.07, 6.45) is 4.34. The number of benzene rings is 1. The Hall–Kier alpha value is -2.57. The van der Waals surface area contributed by atoms with Crippen LogP contribution in [0.15, 0.2) is 35.6 Å². The summed E-state index contributed by atoms with van der Waals surface area (Å²) in [6, 6.07) is 3.71. The first kappa shape index (κ1) is 21.3. The monoisotopic (exact) mass is 497 g/mol. The van der Waals surface area contributed by atoms with Crippen molar-refractivity contribution in [1.82, 2.24) is 24.3 Å². The second-order valence-corrected chi connectivity index (χ2v) is 12.4. The van der Waals surface area contributed by atoms with Crippen molar-refractivity contribution < 1.29 is 21.2 Å². The molecule has 0 bridgehead atoms. The van der Waals surface area contributed by atoms with E-state index in [2.05, 4.69) is 15.1 Å². The van der Waals surface area contributed by atoms with Gasteiger partial charge in [0.2, 0.25) is 0 Å². The summed E-state index contributed by atoms with van der Waals surface area (Å²) < 4.78 is 66.6. The van der Waals surface area contributed by atoms with Crippen LogP contribution in [0.3, 0.4) is 0 Å². The van der Waals surface area contributed by atoms with Crippen molar-refractivity contribution in [3.63, 3.8) is 0 Å². The molecule has 13 heteroatoms. The Kier molecular flexibility index (Phi) is 4.80. The lowest BCUT2D eigenvalue weighted by Gasteiger charge is -2.16. The summed E-state index contributed by atoms with van der Waals surface area (Å²) in [5, 5.41) is 4.73. The molecule has 0 aliphatic carbocycles. The molecule has 0 saturated carbocycles. The van der Waals surface area contributed by atoms with Gasteiger partial charge >= 0.3 is 0 Å². The van der Waals surface area contributed by atoms with Gasteiger partial charge in [0.15, 0.2) is 30.5 Å². The van der Waals surface area contributed by atoms with Crippen LogP contribution >= 0.6 is 11.6 Å². The average molecular weight is 498 g/mol. The number of aromatic nitrogens is 5. The molecule has 1 saturated heterocycles. The molecule has 4 aromatic rings. The summed E-state index contributed by atoms with van der Waals surface area (Å²) in [5.74, 6) is -0.404. The molecule has 1 aromatic carbocycles. The predicted octanol–water partition coefficient (Wildman–Crippen LogP) is 2.38. The third kappa shape index (κ3) is 3.55. The van der Waals surface area contributed by atoms with Crippen LogP contribution in [0.1, 0.15) is 18.3 Å². The van der Waals surface area contributed by atoms with Crippen LogP contribution in [0.2, 0.25) is 5.02 Å². The summed E-state index contributed by atoms with van der Waals surface area (Å²) >= 11 is 6.00. The second kappa shape index (κ2) is 7.22. The Morgan fingerprint density at radius 2 is 2.09 bits per heavy atom. The van der Waals surface area contributed by atoms with E-state index >= 15 is 0 Å². The molecule has 5 rings (SSSR count). The van der Waals surface area contributed by atoms with E-state index in [1.807, 2.05) is 0 Å². The van der Waals surface area contributed by atoms with Crippen LogP contribution in [0.4, 0.5) is 4.39 Å². The number of fused-ring (bicyclic) bond motifs is 2. The van der Waals surface area contributed by atoms with Crippen LogP contribution in [0.25, 0.3) is 21.9 Å². The van der Waals surface area contributed by atoms with Gasteiger partial charge in [-0.05, 0) is 24.6 Å². The maximum atomic E-state index is 14.9. The van der Waals surface area contributed by atoms with E-state index in [9.17, 15) is 21.2 Å². The molecule has 1 aliphatic heterocycles. The van der Waals surface area contributed by atoms with Gasteiger partial charge in [-0.2, -0.15) is 5.10 Å². The smallest absolute Gasteiger partial charge is 0.195 e. The van der Waals surface area contributed by atoms with Gasteiger partial charge in [0.25, 0.3) is 0 Å². The lowest BCUT2D eigenvalue weighted by Crippen LogP contribution is -2.17. The van der Waals surface area contributed by atoms with Gasteiger partial charge in [-0.1, -0.05) is 11.6 Å². The molecule has 3 aromatic heterocycles. The highest BCUT2D eigenvalue weighted by molar-refractivity contribution is 7.91. The Labute approximate surface area is 187 Å². The predicted molar refractivity (Wildman–Crippen MR) is 117 cm³/mol. The maximum absolute atomic E-state index is 14.9. The fraction of sp³-hybridized carbons (Fsp3) is 0.316. The summed E-state index contributed by atoms with van der Waals surface area (Å²) in [5.41, 5.74) is 0.903. The van der Waals surface area contributed by atoms with E-state index in [0.717, 1.165) is 12.3 Å². The molecule has 1 fully saturated rings.